The highest BCUT2D eigenvalue weighted by Gasteiger charge is 2.02. The second-order valence-electron chi connectivity index (χ2n) is 3.60. The maximum atomic E-state index is 5.94. The van der Waals surface area contributed by atoms with Crippen LogP contribution in [0, 0.1) is 6.92 Å². The molecule has 1 aromatic rings. The van der Waals surface area contributed by atoms with Crippen molar-refractivity contribution in [2.24, 2.45) is 5.73 Å². The first-order chi connectivity index (χ1) is 6.22. The van der Waals surface area contributed by atoms with Gasteiger partial charge < -0.3 is 5.73 Å². The van der Waals surface area contributed by atoms with Gasteiger partial charge in [-0.2, -0.15) is 0 Å². The lowest BCUT2D eigenvalue weighted by Crippen LogP contribution is -2.19. The van der Waals surface area contributed by atoms with Gasteiger partial charge in [0.05, 0.1) is 0 Å². The number of rotatable bonds is 5. The monoisotopic (exact) mass is 197 g/mol. The molecule has 1 unspecified atom stereocenters. The highest BCUT2D eigenvalue weighted by atomic mass is 32.1. The fourth-order valence-corrected chi connectivity index (χ4v) is 2.37. The molecule has 13 heavy (non-hydrogen) atoms. The summed E-state index contributed by atoms with van der Waals surface area (Å²) in [7, 11) is 0. The zero-order valence-corrected chi connectivity index (χ0v) is 9.36. The summed E-state index contributed by atoms with van der Waals surface area (Å²) in [6.45, 7) is 4.34. The first-order valence-electron chi connectivity index (χ1n) is 5.03. The van der Waals surface area contributed by atoms with Gasteiger partial charge in [0.25, 0.3) is 0 Å². The molecule has 2 N–H and O–H groups in total. The largest absolute Gasteiger partial charge is 0.328 e. The molecule has 1 heterocycles. The van der Waals surface area contributed by atoms with E-state index in [1.807, 2.05) is 11.3 Å². The maximum Gasteiger partial charge on any atom is 0.00486 e. The molecule has 1 aromatic heterocycles. The Bertz CT molecular complexity index is 242. The van der Waals surface area contributed by atoms with E-state index in [4.69, 9.17) is 5.73 Å². The lowest BCUT2D eigenvalue weighted by Gasteiger charge is -2.08. The molecule has 0 aliphatic carbocycles. The van der Waals surface area contributed by atoms with E-state index in [2.05, 4.69) is 26.0 Å². The molecule has 0 saturated carbocycles. The van der Waals surface area contributed by atoms with Crippen molar-refractivity contribution < 1.29 is 0 Å². The third-order valence-electron chi connectivity index (χ3n) is 2.22. The third kappa shape index (κ3) is 3.92. The van der Waals surface area contributed by atoms with Crippen molar-refractivity contribution in [3.8, 4) is 0 Å². The molecule has 1 nitrogen and oxygen atoms in total. The van der Waals surface area contributed by atoms with E-state index in [1.54, 1.807) is 0 Å². The molecule has 0 aliphatic heterocycles. The summed E-state index contributed by atoms with van der Waals surface area (Å²) in [4.78, 5) is 2.88. The quantitative estimate of drug-likeness (QED) is 0.771. The molecule has 0 bridgehead atoms. The first-order valence-corrected chi connectivity index (χ1v) is 5.85. The maximum absolute atomic E-state index is 5.94. The number of hydrogen-bond acceptors (Lipinski definition) is 2. The van der Waals surface area contributed by atoms with Crippen LogP contribution >= 0.6 is 11.3 Å². The van der Waals surface area contributed by atoms with E-state index in [9.17, 15) is 0 Å². The van der Waals surface area contributed by atoms with Gasteiger partial charge in [0, 0.05) is 15.8 Å². The van der Waals surface area contributed by atoms with Crippen molar-refractivity contribution in [3.63, 3.8) is 0 Å². The normalized spacial score (nSPS) is 13.2. The van der Waals surface area contributed by atoms with Crippen molar-refractivity contribution in [1.82, 2.24) is 0 Å². The fourth-order valence-electron chi connectivity index (χ4n) is 1.46. The van der Waals surface area contributed by atoms with Crippen molar-refractivity contribution in [1.29, 1.82) is 0 Å². The van der Waals surface area contributed by atoms with Crippen LogP contribution in [-0.4, -0.2) is 6.04 Å². The van der Waals surface area contributed by atoms with Gasteiger partial charge in [0.2, 0.25) is 0 Å². The Morgan fingerprint density at radius 2 is 2.15 bits per heavy atom. The van der Waals surface area contributed by atoms with E-state index in [-0.39, 0.29) is 0 Å². The van der Waals surface area contributed by atoms with Crippen molar-refractivity contribution in [3.05, 3.63) is 21.9 Å². The van der Waals surface area contributed by atoms with Crippen LogP contribution in [0.5, 0.6) is 0 Å². The minimum absolute atomic E-state index is 0.396. The summed E-state index contributed by atoms with van der Waals surface area (Å²) in [5.41, 5.74) is 5.94. The molecule has 0 fully saturated rings. The SMILES string of the molecule is CCCC(N)CCc1ccc(C)s1. The van der Waals surface area contributed by atoms with Crippen LogP contribution in [0.15, 0.2) is 12.1 Å². The lowest BCUT2D eigenvalue weighted by molar-refractivity contribution is 0.563. The molecule has 1 atom stereocenters. The van der Waals surface area contributed by atoms with Gasteiger partial charge >= 0.3 is 0 Å². The summed E-state index contributed by atoms with van der Waals surface area (Å²) in [5.74, 6) is 0. The number of aryl methyl sites for hydroxylation is 2. The summed E-state index contributed by atoms with van der Waals surface area (Å²) in [6, 6.07) is 4.80. The minimum atomic E-state index is 0.396. The van der Waals surface area contributed by atoms with Crippen molar-refractivity contribution in [2.45, 2.75) is 45.6 Å². The lowest BCUT2D eigenvalue weighted by atomic mass is 10.1. The van der Waals surface area contributed by atoms with Crippen molar-refractivity contribution >= 4 is 11.3 Å². The van der Waals surface area contributed by atoms with Crippen LogP contribution in [-0.2, 0) is 6.42 Å². The summed E-state index contributed by atoms with van der Waals surface area (Å²) < 4.78 is 0. The Morgan fingerprint density at radius 1 is 1.38 bits per heavy atom. The molecule has 0 amide bonds. The Kier molecular flexibility index (Phi) is 4.46. The molecular formula is C11H19NS. The molecule has 1 rings (SSSR count). The van der Waals surface area contributed by atoms with Crippen molar-refractivity contribution in [2.75, 3.05) is 0 Å². The van der Waals surface area contributed by atoms with Gasteiger partial charge in [-0.15, -0.1) is 11.3 Å². The van der Waals surface area contributed by atoms with E-state index in [0.717, 1.165) is 19.3 Å². The molecule has 0 aromatic carbocycles. The summed E-state index contributed by atoms with van der Waals surface area (Å²) in [5, 5.41) is 0. The average molecular weight is 197 g/mol. The van der Waals surface area contributed by atoms with Gasteiger partial charge in [-0.3, -0.25) is 0 Å². The number of thiophene rings is 1. The molecule has 0 saturated heterocycles. The highest BCUT2D eigenvalue weighted by Crippen LogP contribution is 2.17. The zero-order chi connectivity index (χ0) is 9.68. The van der Waals surface area contributed by atoms with Crippen LogP contribution < -0.4 is 5.73 Å². The minimum Gasteiger partial charge on any atom is -0.328 e. The molecular weight excluding hydrogens is 178 g/mol. The Morgan fingerprint density at radius 3 is 2.69 bits per heavy atom. The topological polar surface area (TPSA) is 26.0 Å². The van der Waals surface area contributed by atoms with Gasteiger partial charge in [0.15, 0.2) is 0 Å². The van der Waals surface area contributed by atoms with Crippen LogP contribution in [0.3, 0.4) is 0 Å². The van der Waals surface area contributed by atoms with Gasteiger partial charge in [-0.25, -0.2) is 0 Å². The second kappa shape index (κ2) is 5.40. The average Bonchev–Trinajstić information content (AvgIpc) is 2.49. The smallest absolute Gasteiger partial charge is 0.00486 e. The Labute approximate surface area is 85.0 Å². The van der Waals surface area contributed by atoms with E-state index < -0.39 is 0 Å². The summed E-state index contributed by atoms with van der Waals surface area (Å²) in [6.07, 6.45) is 4.64. The van der Waals surface area contributed by atoms with Gasteiger partial charge in [-0.05, 0) is 38.3 Å². The predicted octanol–water partition coefficient (Wildman–Crippen LogP) is 3.12. The highest BCUT2D eigenvalue weighted by molar-refractivity contribution is 7.11. The standard InChI is InChI=1S/C11H19NS/c1-3-4-10(12)6-8-11-7-5-9(2)13-11/h5,7,10H,3-4,6,8,12H2,1-2H3. The number of nitrogens with two attached hydrogens (primary N) is 1. The van der Waals surface area contributed by atoms with Gasteiger partial charge in [0.1, 0.15) is 0 Å². The van der Waals surface area contributed by atoms with Crippen LogP contribution in [0.25, 0.3) is 0 Å². The van der Waals surface area contributed by atoms with E-state index in [1.165, 1.54) is 16.2 Å². The fraction of sp³-hybridized carbons (Fsp3) is 0.636. The van der Waals surface area contributed by atoms with E-state index >= 15 is 0 Å². The summed E-state index contributed by atoms with van der Waals surface area (Å²) >= 11 is 1.89. The zero-order valence-electron chi connectivity index (χ0n) is 8.55. The molecule has 2 heteroatoms. The predicted molar refractivity (Wildman–Crippen MR) is 60.3 cm³/mol. The van der Waals surface area contributed by atoms with Crippen LogP contribution in [0.1, 0.15) is 35.9 Å². The third-order valence-corrected chi connectivity index (χ3v) is 3.28. The van der Waals surface area contributed by atoms with Crippen LogP contribution in [0.2, 0.25) is 0 Å². The number of hydrogen-bond donors (Lipinski definition) is 1. The first kappa shape index (κ1) is 10.7. The molecule has 0 radical (unpaired) electrons. The Balaban J connectivity index is 2.26. The van der Waals surface area contributed by atoms with E-state index in [0.29, 0.717) is 6.04 Å². The molecule has 0 aliphatic rings. The van der Waals surface area contributed by atoms with Gasteiger partial charge in [-0.1, -0.05) is 13.3 Å². The second-order valence-corrected chi connectivity index (χ2v) is 4.97. The molecule has 74 valence electrons. The van der Waals surface area contributed by atoms with Crippen LogP contribution in [0.4, 0.5) is 0 Å². The Hall–Kier alpha value is -0.340. The molecule has 0 spiro atoms.